The van der Waals surface area contributed by atoms with E-state index in [2.05, 4.69) is 11.3 Å². The molecule has 0 aromatic carbocycles. The van der Waals surface area contributed by atoms with Crippen LogP contribution in [-0.2, 0) is 29.1 Å². The Hall–Kier alpha value is -1.24. The van der Waals surface area contributed by atoms with Crippen molar-refractivity contribution in [3.8, 4) is 0 Å². The fraction of sp³-hybridized carbons (Fsp3) is 0.750. The van der Waals surface area contributed by atoms with E-state index < -0.39 is 53.0 Å². The van der Waals surface area contributed by atoms with Crippen LogP contribution in [0.2, 0.25) is 0 Å². The van der Waals surface area contributed by atoms with Gasteiger partial charge >= 0.3 is 27.3 Å². The molecule has 140 valence electrons. The van der Waals surface area contributed by atoms with E-state index in [1.807, 2.05) is 0 Å². The van der Waals surface area contributed by atoms with E-state index in [1.54, 1.807) is 0 Å². The molecule has 1 unspecified atom stereocenters. The smallest absolute Gasteiger partial charge is 0.431 e. The fourth-order valence-electron chi connectivity index (χ4n) is 1.63. The molecule has 1 atom stereocenters. The first-order valence-electron chi connectivity index (χ1n) is 6.65. The van der Waals surface area contributed by atoms with E-state index in [4.69, 9.17) is 14.0 Å². The average molecular weight is 380 g/mol. The molecule has 0 radical (unpaired) electrons. The van der Waals surface area contributed by atoms with Crippen molar-refractivity contribution >= 4 is 16.1 Å². The van der Waals surface area contributed by atoms with Crippen LogP contribution in [0.1, 0.15) is 12.8 Å². The summed E-state index contributed by atoms with van der Waals surface area (Å²) in [5.74, 6) is -5.90. The second kappa shape index (κ2) is 7.76. The normalized spacial score (nSPS) is 19.3. The minimum absolute atomic E-state index is 0.219. The second-order valence-corrected chi connectivity index (χ2v) is 6.46. The van der Waals surface area contributed by atoms with Crippen LogP contribution in [0.5, 0.6) is 0 Å². The highest BCUT2D eigenvalue weighted by Gasteiger charge is 2.65. The highest BCUT2D eigenvalue weighted by Crippen LogP contribution is 2.40. The Bertz CT molecular complexity index is 570. The number of hydrogen-bond acceptors (Lipinski definition) is 6. The molecule has 0 spiro atoms. The van der Waals surface area contributed by atoms with E-state index in [9.17, 15) is 30.8 Å². The van der Waals surface area contributed by atoms with E-state index >= 15 is 0 Å². The highest BCUT2D eigenvalue weighted by atomic mass is 32.2. The van der Waals surface area contributed by atoms with Crippen LogP contribution in [0.25, 0.3) is 0 Å². The van der Waals surface area contributed by atoms with Crippen molar-refractivity contribution in [2.75, 3.05) is 26.4 Å². The number of carbonyl (C=O) groups excluding carboxylic acids is 1. The zero-order valence-corrected chi connectivity index (χ0v) is 13.2. The summed E-state index contributed by atoms with van der Waals surface area (Å²) in [4.78, 5) is 11.5. The van der Waals surface area contributed by atoms with Crippen LogP contribution < -0.4 is 0 Å². The maximum atomic E-state index is 13.2. The minimum Gasteiger partial charge on any atom is -0.456 e. The van der Waals surface area contributed by atoms with Crippen molar-refractivity contribution in [1.29, 1.82) is 0 Å². The van der Waals surface area contributed by atoms with Crippen molar-refractivity contribution in [3.63, 3.8) is 0 Å². The Morgan fingerprint density at radius 3 is 2.46 bits per heavy atom. The number of esters is 1. The van der Waals surface area contributed by atoms with Gasteiger partial charge < -0.3 is 14.2 Å². The first-order chi connectivity index (χ1) is 10.9. The molecule has 1 aliphatic heterocycles. The summed E-state index contributed by atoms with van der Waals surface area (Å²) in [6, 6.07) is 0. The molecular formula is C12H16F4O7S. The molecule has 7 nitrogen and oxygen atoms in total. The number of alkyl halides is 4. The standard InChI is InChI=1S/C12H16F4O7S/c1-8(10(17)23-9-2-4-21-7-9)6-22-5-3-11(13,14)12(15,16)24(18,19)20/h9H,1-7H2,(H,18,19,20). The van der Waals surface area contributed by atoms with Crippen molar-refractivity contribution in [3.05, 3.63) is 12.2 Å². The number of carbonyl (C=O) groups is 1. The van der Waals surface area contributed by atoms with Crippen LogP contribution in [0, 0.1) is 0 Å². The lowest BCUT2D eigenvalue weighted by atomic mass is 10.2. The van der Waals surface area contributed by atoms with Gasteiger partial charge in [-0.05, 0) is 0 Å². The number of rotatable bonds is 9. The lowest BCUT2D eigenvalue weighted by Gasteiger charge is -2.23. The zero-order valence-electron chi connectivity index (χ0n) is 12.3. The molecule has 0 amide bonds. The highest BCUT2D eigenvalue weighted by molar-refractivity contribution is 7.87. The van der Waals surface area contributed by atoms with Gasteiger partial charge in [-0.2, -0.15) is 26.0 Å². The third-order valence-corrected chi connectivity index (χ3v) is 3.98. The third kappa shape index (κ3) is 5.13. The molecule has 1 fully saturated rings. The maximum Gasteiger partial charge on any atom is 0.431 e. The van der Waals surface area contributed by atoms with E-state index in [-0.39, 0.29) is 12.2 Å². The van der Waals surface area contributed by atoms with Gasteiger partial charge in [-0.25, -0.2) is 4.79 Å². The summed E-state index contributed by atoms with van der Waals surface area (Å²) >= 11 is 0. The first-order valence-corrected chi connectivity index (χ1v) is 8.09. The summed E-state index contributed by atoms with van der Waals surface area (Å²) in [6.07, 6.45) is -1.65. The van der Waals surface area contributed by atoms with Gasteiger partial charge in [0.15, 0.2) is 0 Å². The van der Waals surface area contributed by atoms with Gasteiger partial charge in [0, 0.05) is 12.8 Å². The molecule has 1 aliphatic rings. The molecular weight excluding hydrogens is 364 g/mol. The number of hydrogen-bond donors (Lipinski definition) is 1. The molecule has 1 rings (SSSR count). The Balaban J connectivity index is 2.39. The van der Waals surface area contributed by atoms with Crippen LogP contribution in [0.4, 0.5) is 17.6 Å². The summed E-state index contributed by atoms with van der Waals surface area (Å²) in [6.45, 7) is 2.38. The molecule has 24 heavy (non-hydrogen) atoms. The summed E-state index contributed by atoms with van der Waals surface area (Å²) in [7, 11) is -6.28. The largest absolute Gasteiger partial charge is 0.456 e. The van der Waals surface area contributed by atoms with E-state index in [0.29, 0.717) is 13.0 Å². The lowest BCUT2D eigenvalue weighted by molar-refractivity contribution is -0.170. The Kier molecular flexibility index (Phi) is 6.73. The van der Waals surface area contributed by atoms with Crippen LogP contribution in [-0.4, -0.2) is 62.6 Å². The van der Waals surface area contributed by atoms with Gasteiger partial charge in [0.2, 0.25) is 0 Å². The van der Waals surface area contributed by atoms with Gasteiger partial charge in [0.1, 0.15) is 6.10 Å². The number of ether oxygens (including phenoxy) is 3. The zero-order chi connectivity index (χ0) is 18.6. The predicted octanol–water partition coefficient (Wildman–Crippen LogP) is 1.40. The van der Waals surface area contributed by atoms with Crippen molar-refractivity contribution < 1.29 is 49.5 Å². The average Bonchev–Trinajstić information content (AvgIpc) is 2.94. The van der Waals surface area contributed by atoms with Gasteiger partial charge in [-0.15, -0.1) is 0 Å². The Labute approximate surface area is 135 Å². The summed E-state index contributed by atoms with van der Waals surface area (Å²) < 4.78 is 95.4. The molecule has 1 heterocycles. The van der Waals surface area contributed by atoms with Crippen LogP contribution in [0.3, 0.4) is 0 Å². The Morgan fingerprint density at radius 2 is 1.96 bits per heavy atom. The molecule has 1 saturated heterocycles. The number of halogens is 4. The van der Waals surface area contributed by atoms with E-state index in [0.717, 1.165) is 0 Å². The molecule has 0 aliphatic carbocycles. The second-order valence-electron chi connectivity index (χ2n) is 4.99. The van der Waals surface area contributed by atoms with Gasteiger partial charge in [0.25, 0.3) is 0 Å². The van der Waals surface area contributed by atoms with Crippen molar-refractivity contribution in [2.45, 2.75) is 30.1 Å². The topological polar surface area (TPSA) is 99.1 Å². The van der Waals surface area contributed by atoms with Crippen LogP contribution in [0.15, 0.2) is 12.2 Å². The van der Waals surface area contributed by atoms with Gasteiger partial charge in [-0.3, -0.25) is 4.55 Å². The quantitative estimate of drug-likeness (QED) is 0.212. The molecule has 12 heteroatoms. The minimum atomic E-state index is -6.28. The van der Waals surface area contributed by atoms with Crippen LogP contribution >= 0.6 is 0 Å². The first kappa shape index (κ1) is 20.8. The monoisotopic (exact) mass is 380 g/mol. The van der Waals surface area contributed by atoms with E-state index in [1.165, 1.54) is 0 Å². The van der Waals surface area contributed by atoms with Gasteiger partial charge in [-0.1, -0.05) is 6.58 Å². The Morgan fingerprint density at radius 1 is 1.33 bits per heavy atom. The van der Waals surface area contributed by atoms with Gasteiger partial charge in [0.05, 0.1) is 32.0 Å². The molecule has 0 bridgehead atoms. The maximum absolute atomic E-state index is 13.2. The summed E-state index contributed by atoms with van der Waals surface area (Å²) in [5, 5.41) is -5.65. The fourth-order valence-corrected chi connectivity index (χ4v) is 2.11. The third-order valence-electron chi connectivity index (χ3n) is 3.04. The predicted molar refractivity (Wildman–Crippen MR) is 71.3 cm³/mol. The SMILES string of the molecule is C=C(COCCC(F)(F)C(F)(F)S(=O)(=O)O)C(=O)OC1CCOC1. The molecule has 0 aromatic rings. The van der Waals surface area contributed by atoms with Crippen molar-refractivity contribution in [2.24, 2.45) is 0 Å². The lowest BCUT2D eigenvalue weighted by Crippen LogP contribution is -2.47. The molecule has 0 saturated carbocycles. The van der Waals surface area contributed by atoms with Crippen molar-refractivity contribution in [1.82, 2.24) is 0 Å². The molecule has 1 N–H and O–H groups in total. The molecule has 0 aromatic heterocycles. The summed E-state index contributed by atoms with van der Waals surface area (Å²) in [5.41, 5.74) is -0.230.